The third-order valence-corrected chi connectivity index (χ3v) is 3.00. The van der Waals surface area contributed by atoms with Crippen LogP contribution in [0.5, 0.6) is 5.75 Å². The molecular weight excluding hydrogens is 238 g/mol. The van der Waals surface area contributed by atoms with E-state index in [1.54, 1.807) is 0 Å². The molecule has 0 saturated heterocycles. The van der Waals surface area contributed by atoms with Crippen LogP contribution in [0.3, 0.4) is 0 Å². The van der Waals surface area contributed by atoms with E-state index >= 15 is 0 Å². The molecule has 0 spiro atoms. The zero-order valence-corrected chi connectivity index (χ0v) is 11.8. The molecule has 1 heterocycles. The van der Waals surface area contributed by atoms with Crippen LogP contribution in [0.2, 0.25) is 0 Å². The minimum absolute atomic E-state index is 0.0502. The van der Waals surface area contributed by atoms with E-state index in [1.807, 2.05) is 49.4 Å². The van der Waals surface area contributed by atoms with Crippen molar-refractivity contribution in [1.29, 1.82) is 0 Å². The predicted octanol–water partition coefficient (Wildman–Crippen LogP) is 2.52. The van der Waals surface area contributed by atoms with Crippen molar-refractivity contribution in [3.05, 3.63) is 48.0 Å². The second kappa shape index (κ2) is 6.38. The molecule has 19 heavy (non-hydrogen) atoms. The Kier molecular flexibility index (Phi) is 4.58. The van der Waals surface area contributed by atoms with Gasteiger partial charge >= 0.3 is 0 Å². The van der Waals surface area contributed by atoms with E-state index in [-0.39, 0.29) is 6.04 Å². The van der Waals surface area contributed by atoms with Crippen LogP contribution in [0, 0.1) is 0 Å². The maximum absolute atomic E-state index is 5.82. The van der Waals surface area contributed by atoms with E-state index < -0.39 is 0 Å². The van der Waals surface area contributed by atoms with Crippen LogP contribution in [-0.4, -0.2) is 23.2 Å². The van der Waals surface area contributed by atoms with Crippen molar-refractivity contribution in [3.63, 3.8) is 0 Å². The summed E-state index contributed by atoms with van der Waals surface area (Å²) in [6.07, 6.45) is 4.84. The van der Waals surface area contributed by atoms with Gasteiger partial charge in [0.25, 0.3) is 0 Å². The Hall–Kier alpha value is -1.81. The van der Waals surface area contributed by atoms with Gasteiger partial charge in [0.05, 0.1) is 24.7 Å². The second-order valence-corrected chi connectivity index (χ2v) is 4.57. The molecule has 2 aromatic rings. The molecule has 4 heteroatoms. The van der Waals surface area contributed by atoms with E-state index in [0.717, 1.165) is 30.0 Å². The lowest BCUT2D eigenvalue weighted by atomic mass is 10.0. The van der Waals surface area contributed by atoms with Crippen LogP contribution in [0.4, 0.5) is 0 Å². The monoisotopic (exact) mass is 259 g/mol. The van der Waals surface area contributed by atoms with Crippen molar-refractivity contribution in [2.75, 3.05) is 13.7 Å². The lowest BCUT2D eigenvalue weighted by Crippen LogP contribution is -2.19. The molecular formula is C15H21N3O. The van der Waals surface area contributed by atoms with Crippen LogP contribution in [0.15, 0.2) is 36.8 Å². The predicted molar refractivity (Wildman–Crippen MR) is 76.3 cm³/mol. The van der Waals surface area contributed by atoms with Crippen molar-refractivity contribution >= 4 is 0 Å². The second-order valence-electron chi connectivity index (χ2n) is 4.57. The summed E-state index contributed by atoms with van der Waals surface area (Å²) in [6.45, 7) is 2.84. The Bertz CT molecular complexity index is 522. The summed E-state index contributed by atoms with van der Waals surface area (Å²) >= 11 is 0. The molecule has 0 saturated carbocycles. The van der Waals surface area contributed by atoms with Gasteiger partial charge < -0.3 is 14.6 Å². The molecule has 0 amide bonds. The Labute approximate surface area is 114 Å². The summed E-state index contributed by atoms with van der Waals surface area (Å²) < 4.78 is 7.78. The maximum Gasteiger partial charge on any atom is 0.124 e. The Morgan fingerprint density at radius 1 is 1.37 bits per heavy atom. The first-order chi connectivity index (χ1) is 9.26. The highest BCUT2D eigenvalue weighted by Crippen LogP contribution is 2.28. The first-order valence-corrected chi connectivity index (χ1v) is 6.63. The fraction of sp³-hybridized carbons (Fsp3) is 0.400. The van der Waals surface area contributed by atoms with E-state index in [0.29, 0.717) is 0 Å². The van der Waals surface area contributed by atoms with Crippen molar-refractivity contribution in [3.8, 4) is 5.75 Å². The fourth-order valence-electron chi connectivity index (χ4n) is 2.11. The summed E-state index contributed by atoms with van der Waals surface area (Å²) in [5.74, 6) is 0.925. The largest absolute Gasteiger partial charge is 0.493 e. The molecule has 1 unspecified atom stereocenters. The van der Waals surface area contributed by atoms with Crippen molar-refractivity contribution in [1.82, 2.24) is 14.9 Å². The summed E-state index contributed by atoms with van der Waals surface area (Å²) in [7, 11) is 3.92. The van der Waals surface area contributed by atoms with Crippen molar-refractivity contribution in [2.24, 2.45) is 7.05 Å². The highest BCUT2D eigenvalue weighted by molar-refractivity contribution is 5.39. The number of aromatic nitrogens is 2. The summed E-state index contributed by atoms with van der Waals surface area (Å²) in [6, 6.07) is 8.18. The number of nitrogens with zero attached hydrogens (tertiary/aromatic N) is 2. The maximum atomic E-state index is 5.82. The van der Waals surface area contributed by atoms with Gasteiger partial charge in [-0.25, -0.2) is 4.98 Å². The first kappa shape index (κ1) is 13.6. The van der Waals surface area contributed by atoms with E-state index in [1.165, 1.54) is 0 Å². The molecule has 0 aliphatic rings. The summed E-state index contributed by atoms with van der Waals surface area (Å²) in [5.41, 5.74) is 2.12. The lowest BCUT2D eigenvalue weighted by Gasteiger charge is -2.18. The average Bonchev–Trinajstić information content (AvgIpc) is 2.85. The number of imidazole rings is 1. The van der Waals surface area contributed by atoms with Crippen molar-refractivity contribution in [2.45, 2.75) is 19.4 Å². The number of benzene rings is 1. The highest BCUT2D eigenvalue weighted by Gasteiger charge is 2.18. The molecule has 0 aliphatic carbocycles. The molecule has 1 aromatic heterocycles. The van der Waals surface area contributed by atoms with Gasteiger partial charge in [0, 0.05) is 18.8 Å². The minimum Gasteiger partial charge on any atom is -0.493 e. The number of ether oxygens (including phenoxy) is 1. The van der Waals surface area contributed by atoms with Gasteiger partial charge in [-0.3, -0.25) is 0 Å². The molecule has 0 bridgehead atoms. The van der Waals surface area contributed by atoms with Gasteiger partial charge in [-0.05, 0) is 19.5 Å². The molecule has 0 fully saturated rings. The highest BCUT2D eigenvalue weighted by atomic mass is 16.5. The summed E-state index contributed by atoms with van der Waals surface area (Å²) in [5, 5.41) is 3.31. The van der Waals surface area contributed by atoms with Gasteiger partial charge in [-0.15, -0.1) is 0 Å². The number of hydrogen-bond acceptors (Lipinski definition) is 3. The zero-order chi connectivity index (χ0) is 13.7. The van der Waals surface area contributed by atoms with Crippen LogP contribution in [0.1, 0.15) is 30.6 Å². The third kappa shape index (κ3) is 3.15. The van der Waals surface area contributed by atoms with Crippen LogP contribution < -0.4 is 10.1 Å². The molecule has 0 aliphatic heterocycles. The van der Waals surface area contributed by atoms with E-state index in [9.17, 15) is 0 Å². The normalized spacial score (nSPS) is 12.4. The molecule has 0 radical (unpaired) electrons. The zero-order valence-electron chi connectivity index (χ0n) is 11.8. The van der Waals surface area contributed by atoms with Gasteiger partial charge in [0.2, 0.25) is 0 Å². The van der Waals surface area contributed by atoms with Gasteiger partial charge in [0.1, 0.15) is 5.75 Å². The molecule has 4 nitrogen and oxygen atoms in total. The number of para-hydroxylation sites is 1. The number of nitrogens with one attached hydrogen (secondary N) is 1. The molecule has 2 rings (SSSR count). The quantitative estimate of drug-likeness (QED) is 0.866. The van der Waals surface area contributed by atoms with Crippen LogP contribution in [-0.2, 0) is 7.05 Å². The Morgan fingerprint density at radius 3 is 2.79 bits per heavy atom. The van der Waals surface area contributed by atoms with E-state index in [4.69, 9.17) is 4.74 Å². The summed E-state index contributed by atoms with van der Waals surface area (Å²) in [4.78, 5) is 4.43. The van der Waals surface area contributed by atoms with Gasteiger partial charge in [0.15, 0.2) is 0 Å². The van der Waals surface area contributed by atoms with Crippen molar-refractivity contribution < 1.29 is 4.74 Å². The Morgan fingerprint density at radius 2 is 2.16 bits per heavy atom. The first-order valence-electron chi connectivity index (χ1n) is 6.63. The number of aryl methyl sites for hydroxylation is 1. The Balaban J connectivity index is 2.32. The molecule has 1 aromatic carbocycles. The SMILES string of the molecule is CCCOc1ccccc1C(NC)c1cn(C)cn1. The fourth-order valence-corrected chi connectivity index (χ4v) is 2.11. The molecule has 1 atom stereocenters. The molecule has 1 N–H and O–H groups in total. The standard InChI is InChI=1S/C15H21N3O/c1-4-9-19-14-8-6-5-7-12(14)15(16-2)13-10-18(3)11-17-13/h5-8,10-11,15-16H,4,9H2,1-3H3. The lowest BCUT2D eigenvalue weighted by molar-refractivity contribution is 0.312. The molecule has 102 valence electrons. The van der Waals surface area contributed by atoms with Gasteiger partial charge in [-0.1, -0.05) is 25.1 Å². The van der Waals surface area contributed by atoms with Crippen LogP contribution in [0.25, 0.3) is 0 Å². The van der Waals surface area contributed by atoms with E-state index in [2.05, 4.69) is 23.3 Å². The topological polar surface area (TPSA) is 39.1 Å². The third-order valence-electron chi connectivity index (χ3n) is 3.00. The average molecular weight is 259 g/mol. The smallest absolute Gasteiger partial charge is 0.124 e. The van der Waals surface area contributed by atoms with Gasteiger partial charge in [-0.2, -0.15) is 0 Å². The van der Waals surface area contributed by atoms with Crippen LogP contribution >= 0.6 is 0 Å². The number of rotatable bonds is 6. The number of hydrogen-bond donors (Lipinski definition) is 1. The minimum atomic E-state index is 0.0502.